The summed E-state index contributed by atoms with van der Waals surface area (Å²) in [6.45, 7) is 2.07. The molecule has 0 aromatic heterocycles. The van der Waals surface area contributed by atoms with E-state index in [4.69, 9.17) is 12.2 Å². The molecule has 0 spiro atoms. The molecule has 0 aliphatic carbocycles. The van der Waals surface area contributed by atoms with E-state index < -0.39 is 0 Å². The van der Waals surface area contributed by atoms with E-state index >= 15 is 0 Å². The Bertz CT molecular complexity index is 274. The van der Waals surface area contributed by atoms with Gasteiger partial charge in [0.15, 0.2) is 0 Å². The summed E-state index contributed by atoms with van der Waals surface area (Å²) in [6, 6.07) is 8.26. The van der Waals surface area contributed by atoms with Crippen molar-refractivity contribution < 1.29 is 0 Å². The summed E-state index contributed by atoms with van der Waals surface area (Å²) >= 11 is 5.21. The van der Waals surface area contributed by atoms with Crippen LogP contribution in [-0.2, 0) is 0 Å². The Hall–Kier alpha value is -0.890. The van der Waals surface area contributed by atoms with E-state index in [-0.39, 0.29) is 0 Å². The highest BCUT2D eigenvalue weighted by Gasteiger charge is 2.00. The Morgan fingerprint density at radius 2 is 1.67 bits per heavy atom. The molecule has 0 saturated heterocycles. The Kier molecular flexibility index (Phi) is 2.82. The summed E-state index contributed by atoms with van der Waals surface area (Å²) in [5.74, 6) is 0. The van der Waals surface area contributed by atoms with Gasteiger partial charge in [-0.15, -0.1) is 0 Å². The predicted octanol–water partition coefficient (Wildman–Crippen LogP) is 2.23. The average molecular weight is 179 g/mol. The second kappa shape index (κ2) is 3.68. The van der Waals surface area contributed by atoms with Gasteiger partial charge in [-0.2, -0.15) is 0 Å². The molecular weight excluding hydrogens is 166 g/mol. The van der Waals surface area contributed by atoms with Gasteiger partial charge in [-0.3, -0.25) is 0 Å². The van der Waals surface area contributed by atoms with Gasteiger partial charge in [-0.1, -0.05) is 42.0 Å². The SMILES string of the molecule is Cc1ccc(C(=S)N(C)C)cc1. The second-order valence-electron chi connectivity index (χ2n) is 3.07. The summed E-state index contributed by atoms with van der Waals surface area (Å²) in [5.41, 5.74) is 2.38. The monoisotopic (exact) mass is 179 g/mol. The summed E-state index contributed by atoms with van der Waals surface area (Å²) < 4.78 is 0. The van der Waals surface area contributed by atoms with Crippen molar-refractivity contribution in [3.8, 4) is 0 Å². The topological polar surface area (TPSA) is 3.24 Å². The molecule has 1 aromatic carbocycles. The van der Waals surface area contributed by atoms with Crippen molar-refractivity contribution in [2.24, 2.45) is 0 Å². The first kappa shape index (κ1) is 9.20. The number of thiocarbonyl (C=S) groups is 1. The van der Waals surface area contributed by atoms with Crippen LogP contribution in [0.5, 0.6) is 0 Å². The summed E-state index contributed by atoms with van der Waals surface area (Å²) in [4.78, 5) is 2.83. The first-order valence-electron chi connectivity index (χ1n) is 3.89. The van der Waals surface area contributed by atoms with Crippen LogP contribution in [0.25, 0.3) is 0 Å². The Morgan fingerprint density at radius 3 is 2.08 bits per heavy atom. The number of hydrogen-bond acceptors (Lipinski definition) is 1. The van der Waals surface area contributed by atoms with E-state index in [0.717, 1.165) is 10.6 Å². The van der Waals surface area contributed by atoms with E-state index in [9.17, 15) is 0 Å². The third-order valence-corrected chi connectivity index (χ3v) is 2.31. The van der Waals surface area contributed by atoms with E-state index in [2.05, 4.69) is 31.2 Å². The molecule has 12 heavy (non-hydrogen) atoms. The van der Waals surface area contributed by atoms with Crippen LogP contribution < -0.4 is 0 Å². The summed E-state index contributed by atoms with van der Waals surface area (Å²) in [7, 11) is 3.92. The molecule has 0 fully saturated rings. The standard InChI is InChI=1S/C10H13NS/c1-8-4-6-9(7-5-8)10(12)11(2)3/h4-7H,1-3H3. The third-order valence-electron chi connectivity index (χ3n) is 1.70. The maximum atomic E-state index is 5.21. The minimum absolute atomic E-state index is 0.884. The van der Waals surface area contributed by atoms with Gasteiger partial charge >= 0.3 is 0 Å². The molecule has 1 nitrogen and oxygen atoms in total. The van der Waals surface area contributed by atoms with Crippen LogP contribution in [0.15, 0.2) is 24.3 Å². The van der Waals surface area contributed by atoms with Gasteiger partial charge in [0.2, 0.25) is 0 Å². The quantitative estimate of drug-likeness (QED) is 0.608. The average Bonchev–Trinajstić information content (AvgIpc) is 2.04. The van der Waals surface area contributed by atoms with Crippen LogP contribution in [-0.4, -0.2) is 24.0 Å². The normalized spacial score (nSPS) is 9.58. The van der Waals surface area contributed by atoms with E-state index in [1.54, 1.807) is 0 Å². The number of rotatable bonds is 1. The number of nitrogens with zero attached hydrogens (tertiary/aromatic N) is 1. The molecule has 1 rings (SSSR count). The lowest BCUT2D eigenvalue weighted by molar-refractivity contribution is 0.636. The van der Waals surface area contributed by atoms with Crippen molar-refractivity contribution in [3.05, 3.63) is 35.4 Å². The zero-order valence-electron chi connectivity index (χ0n) is 7.66. The number of benzene rings is 1. The zero-order valence-corrected chi connectivity index (χ0v) is 8.48. The molecule has 0 aliphatic heterocycles. The molecule has 0 radical (unpaired) electrons. The molecule has 2 heteroatoms. The van der Waals surface area contributed by atoms with Crippen molar-refractivity contribution in [1.29, 1.82) is 0 Å². The van der Waals surface area contributed by atoms with Gasteiger partial charge in [0.1, 0.15) is 4.99 Å². The van der Waals surface area contributed by atoms with E-state index in [1.807, 2.05) is 19.0 Å². The zero-order chi connectivity index (χ0) is 9.14. The highest BCUT2D eigenvalue weighted by molar-refractivity contribution is 7.80. The molecule has 0 bridgehead atoms. The third kappa shape index (κ3) is 2.05. The maximum Gasteiger partial charge on any atom is 0.108 e. The van der Waals surface area contributed by atoms with Crippen LogP contribution >= 0.6 is 12.2 Å². The molecule has 0 amide bonds. The van der Waals surface area contributed by atoms with Crippen LogP contribution in [0.3, 0.4) is 0 Å². The highest BCUT2D eigenvalue weighted by atomic mass is 32.1. The minimum Gasteiger partial charge on any atom is -0.368 e. The highest BCUT2D eigenvalue weighted by Crippen LogP contribution is 2.05. The van der Waals surface area contributed by atoms with Gasteiger partial charge in [-0.05, 0) is 6.92 Å². The van der Waals surface area contributed by atoms with E-state index in [1.165, 1.54) is 5.56 Å². The smallest absolute Gasteiger partial charge is 0.108 e. The van der Waals surface area contributed by atoms with Crippen molar-refractivity contribution >= 4 is 17.2 Å². The summed E-state index contributed by atoms with van der Waals surface area (Å²) in [5, 5.41) is 0. The van der Waals surface area contributed by atoms with Crippen LogP contribution in [0.4, 0.5) is 0 Å². The van der Waals surface area contributed by atoms with Crippen molar-refractivity contribution in [2.75, 3.05) is 14.1 Å². The first-order chi connectivity index (χ1) is 5.61. The molecule has 1 aromatic rings. The van der Waals surface area contributed by atoms with Gasteiger partial charge in [0.25, 0.3) is 0 Å². The number of hydrogen-bond donors (Lipinski definition) is 0. The molecule has 0 saturated carbocycles. The summed E-state index contributed by atoms with van der Waals surface area (Å²) in [6.07, 6.45) is 0. The second-order valence-corrected chi connectivity index (χ2v) is 3.45. The lowest BCUT2D eigenvalue weighted by Gasteiger charge is -2.13. The molecule has 0 unspecified atom stereocenters. The molecule has 0 atom stereocenters. The Morgan fingerprint density at radius 1 is 1.17 bits per heavy atom. The number of aryl methyl sites for hydroxylation is 1. The fourth-order valence-corrected chi connectivity index (χ4v) is 1.09. The molecular formula is C10H13NS. The predicted molar refractivity (Wildman–Crippen MR) is 56.6 cm³/mol. The van der Waals surface area contributed by atoms with Crippen LogP contribution in [0, 0.1) is 6.92 Å². The molecule has 64 valence electrons. The Labute approximate surface area is 79.0 Å². The fourth-order valence-electron chi connectivity index (χ4n) is 0.954. The van der Waals surface area contributed by atoms with Gasteiger partial charge < -0.3 is 4.90 Å². The largest absolute Gasteiger partial charge is 0.368 e. The first-order valence-corrected chi connectivity index (χ1v) is 4.30. The van der Waals surface area contributed by atoms with Crippen molar-refractivity contribution in [2.45, 2.75) is 6.92 Å². The lowest BCUT2D eigenvalue weighted by Crippen LogP contribution is -2.20. The van der Waals surface area contributed by atoms with Gasteiger partial charge in [-0.25, -0.2) is 0 Å². The van der Waals surface area contributed by atoms with Gasteiger partial charge in [0, 0.05) is 19.7 Å². The fraction of sp³-hybridized carbons (Fsp3) is 0.300. The molecule has 0 heterocycles. The Balaban J connectivity index is 2.90. The van der Waals surface area contributed by atoms with Crippen molar-refractivity contribution in [3.63, 3.8) is 0 Å². The lowest BCUT2D eigenvalue weighted by atomic mass is 10.1. The van der Waals surface area contributed by atoms with Gasteiger partial charge in [0.05, 0.1) is 0 Å². The van der Waals surface area contributed by atoms with Crippen LogP contribution in [0.1, 0.15) is 11.1 Å². The van der Waals surface area contributed by atoms with E-state index in [0.29, 0.717) is 0 Å². The molecule has 0 N–H and O–H groups in total. The maximum absolute atomic E-state index is 5.21. The van der Waals surface area contributed by atoms with Crippen LogP contribution in [0.2, 0.25) is 0 Å². The minimum atomic E-state index is 0.884. The molecule has 0 aliphatic rings. The van der Waals surface area contributed by atoms with Crippen molar-refractivity contribution in [1.82, 2.24) is 4.90 Å².